The first-order valence-corrected chi connectivity index (χ1v) is 11.5. The molecule has 6 rings (SSSR count). The van der Waals surface area contributed by atoms with Gasteiger partial charge in [-0.25, -0.2) is 14.4 Å². The van der Waals surface area contributed by atoms with E-state index in [1.165, 1.54) is 11.6 Å². The van der Waals surface area contributed by atoms with Gasteiger partial charge in [0.25, 0.3) is 5.91 Å². The van der Waals surface area contributed by atoms with Crippen LogP contribution < -0.4 is 4.90 Å². The molecule has 0 atom stereocenters. The zero-order valence-electron chi connectivity index (χ0n) is 18.7. The standard InChI is InChI=1S/C26H26FN5O/c1-30-10-12-31(13-11-30)24(33)18-6-7-21-23(14-18)32(17-26(21)8-9-26)25-28-15-19(16-29-25)20-4-2-3-5-22(20)27/h2-7,14-16H,8-13,17H2,1H3. The van der Waals surface area contributed by atoms with Crippen LogP contribution in [0.15, 0.2) is 54.9 Å². The SMILES string of the molecule is CN1CCN(C(=O)c2ccc3c(c2)N(c2ncc(-c4ccccc4F)cn2)CC32CC2)CC1. The number of aromatic nitrogens is 2. The Labute approximate surface area is 192 Å². The van der Waals surface area contributed by atoms with Gasteiger partial charge >= 0.3 is 0 Å². The maximum Gasteiger partial charge on any atom is 0.254 e. The number of likely N-dealkylation sites (N-methyl/N-ethyl adjacent to an activating group) is 1. The number of halogens is 1. The smallest absolute Gasteiger partial charge is 0.254 e. The number of hydrogen-bond acceptors (Lipinski definition) is 5. The maximum absolute atomic E-state index is 14.2. The highest BCUT2D eigenvalue weighted by Gasteiger charge is 2.52. The van der Waals surface area contributed by atoms with E-state index in [9.17, 15) is 9.18 Å². The number of anilines is 2. The van der Waals surface area contributed by atoms with Crippen molar-refractivity contribution in [1.29, 1.82) is 0 Å². The highest BCUT2D eigenvalue weighted by Crippen LogP contribution is 2.57. The summed E-state index contributed by atoms with van der Waals surface area (Å²) in [4.78, 5) is 28.7. The number of fused-ring (bicyclic) bond motifs is 2. The minimum Gasteiger partial charge on any atom is -0.336 e. The van der Waals surface area contributed by atoms with Gasteiger partial charge in [0.15, 0.2) is 0 Å². The van der Waals surface area contributed by atoms with Gasteiger partial charge < -0.3 is 14.7 Å². The summed E-state index contributed by atoms with van der Waals surface area (Å²) in [6, 6.07) is 12.8. The third kappa shape index (κ3) is 3.47. The molecule has 0 unspecified atom stereocenters. The summed E-state index contributed by atoms with van der Waals surface area (Å²) < 4.78 is 14.2. The Balaban J connectivity index is 1.31. The molecule has 2 aliphatic heterocycles. The van der Waals surface area contributed by atoms with Crippen LogP contribution in [0.2, 0.25) is 0 Å². The van der Waals surface area contributed by atoms with E-state index in [1.807, 2.05) is 17.0 Å². The molecule has 33 heavy (non-hydrogen) atoms. The summed E-state index contributed by atoms with van der Waals surface area (Å²) in [7, 11) is 2.08. The highest BCUT2D eigenvalue weighted by atomic mass is 19.1. The van der Waals surface area contributed by atoms with Crippen molar-refractivity contribution in [2.75, 3.05) is 44.7 Å². The summed E-state index contributed by atoms with van der Waals surface area (Å²) in [5.74, 6) is 0.382. The van der Waals surface area contributed by atoms with Crippen LogP contribution in [-0.4, -0.2) is 65.4 Å². The average Bonchev–Trinajstić information content (AvgIpc) is 3.56. The van der Waals surface area contributed by atoms with Crippen molar-refractivity contribution >= 4 is 17.5 Å². The van der Waals surface area contributed by atoms with Crippen molar-refractivity contribution in [3.63, 3.8) is 0 Å². The van der Waals surface area contributed by atoms with Crippen LogP contribution in [0.4, 0.5) is 16.0 Å². The molecular formula is C26H26FN5O. The minimum atomic E-state index is -0.288. The van der Waals surface area contributed by atoms with E-state index in [0.29, 0.717) is 22.6 Å². The van der Waals surface area contributed by atoms with Crippen LogP contribution in [0.1, 0.15) is 28.8 Å². The molecule has 1 aromatic heterocycles. The molecule has 7 heteroatoms. The number of amides is 1. The molecule has 1 saturated carbocycles. The second kappa shape index (κ2) is 7.63. The van der Waals surface area contributed by atoms with Crippen molar-refractivity contribution in [3.8, 4) is 11.1 Å². The van der Waals surface area contributed by atoms with Gasteiger partial charge in [-0.1, -0.05) is 24.3 Å². The third-order valence-electron chi connectivity index (χ3n) is 7.28. The summed E-state index contributed by atoms with van der Waals surface area (Å²) in [5, 5.41) is 0. The zero-order chi connectivity index (χ0) is 22.6. The Morgan fingerprint density at radius 3 is 2.42 bits per heavy atom. The summed E-state index contributed by atoms with van der Waals surface area (Å²) in [6.07, 6.45) is 5.63. The van der Waals surface area contributed by atoms with E-state index >= 15 is 0 Å². The van der Waals surface area contributed by atoms with Crippen LogP contribution in [0, 0.1) is 5.82 Å². The number of nitrogens with zero attached hydrogens (tertiary/aromatic N) is 5. The molecule has 1 saturated heterocycles. The van der Waals surface area contributed by atoms with E-state index in [0.717, 1.165) is 51.3 Å². The second-order valence-corrected chi connectivity index (χ2v) is 9.45. The molecule has 2 fully saturated rings. The number of piperazine rings is 1. The average molecular weight is 444 g/mol. The fraction of sp³-hybridized carbons (Fsp3) is 0.346. The topological polar surface area (TPSA) is 52.6 Å². The van der Waals surface area contributed by atoms with E-state index in [4.69, 9.17) is 0 Å². The number of benzene rings is 2. The molecule has 168 valence electrons. The Morgan fingerprint density at radius 2 is 1.73 bits per heavy atom. The van der Waals surface area contributed by atoms with Gasteiger partial charge in [-0.05, 0) is 43.7 Å². The molecule has 3 aliphatic rings. The minimum absolute atomic E-state index is 0.0819. The van der Waals surface area contributed by atoms with Gasteiger partial charge in [0, 0.05) is 72.9 Å². The summed E-state index contributed by atoms with van der Waals surface area (Å²) in [6.45, 7) is 4.11. The quantitative estimate of drug-likeness (QED) is 0.616. The van der Waals surface area contributed by atoms with Crippen molar-refractivity contribution < 1.29 is 9.18 Å². The number of carbonyl (C=O) groups is 1. The fourth-order valence-corrected chi connectivity index (χ4v) is 5.05. The Hall–Kier alpha value is -3.32. The first-order valence-electron chi connectivity index (χ1n) is 11.5. The van der Waals surface area contributed by atoms with Crippen LogP contribution in [-0.2, 0) is 5.41 Å². The van der Waals surface area contributed by atoms with Gasteiger partial charge in [-0.2, -0.15) is 0 Å². The maximum atomic E-state index is 14.2. The molecule has 3 heterocycles. The van der Waals surface area contributed by atoms with Crippen molar-refractivity contribution in [1.82, 2.24) is 19.8 Å². The third-order valence-corrected chi connectivity index (χ3v) is 7.28. The molecular weight excluding hydrogens is 417 g/mol. The predicted octanol–water partition coefficient (Wildman–Crippen LogP) is 3.85. The molecule has 0 N–H and O–H groups in total. The zero-order valence-corrected chi connectivity index (χ0v) is 18.7. The molecule has 1 spiro atoms. The molecule has 0 radical (unpaired) electrons. The normalized spacial score (nSPS) is 19.1. The van der Waals surface area contributed by atoms with Crippen molar-refractivity contribution in [3.05, 3.63) is 71.8 Å². The highest BCUT2D eigenvalue weighted by molar-refractivity contribution is 5.96. The Morgan fingerprint density at radius 1 is 1.00 bits per heavy atom. The molecule has 1 amide bonds. The largest absolute Gasteiger partial charge is 0.336 e. The monoisotopic (exact) mass is 443 g/mol. The van der Waals surface area contributed by atoms with Crippen LogP contribution in [0.3, 0.4) is 0 Å². The molecule has 1 aliphatic carbocycles. The van der Waals surface area contributed by atoms with E-state index in [1.54, 1.807) is 30.6 Å². The fourth-order valence-electron chi connectivity index (χ4n) is 5.05. The van der Waals surface area contributed by atoms with Gasteiger partial charge in [0.05, 0.1) is 0 Å². The first-order chi connectivity index (χ1) is 16.0. The molecule has 6 nitrogen and oxygen atoms in total. The van der Waals surface area contributed by atoms with Gasteiger partial charge in [-0.15, -0.1) is 0 Å². The van der Waals surface area contributed by atoms with Crippen LogP contribution in [0.25, 0.3) is 11.1 Å². The van der Waals surface area contributed by atoms with Crippen molar-refractivity contribution in [2.45, 2.75) is 18.3 Å². The van der Waals surface area contributed by atoms with E-state index in [2.05, 4.69) is 32.9 Å². The molecule has 3 aromatic rings. The van der Waals surface area contributed by atoms with Gasteiger partial charge in [0.2, 0.25) is 5.95 Å². The van der Waals surface area contributed by atoms with Gasteiger partial charge in [0.1, 0.15) is 5.82 Å². The van der Waals surface area contributed by atoms with E-state index < -0.39 is 0 Å². The lowest BCUT2D eigenvalue weighted by atomic mass is 9.97. The number of hydrogen-bond donors (Lipinski definition) is 0. The Kier molecular flexibility index (Phi) is 4.69. The van der Waals surface area contributed by atoms with Crippen molar-refractivity contribution in [2.24, 2.45) is 0 Å². The first kappa shape index (κ1) is 20.3. The molecule has 0 bridgehead atoms. The Bertz CT molecular complexity index is 1220. The number of carbonyl (C=O) groups excluding carboxylic acids is 1. The second-order valence-electron chi connectivity index (χ2n) is 9.45. The summed E-state index contributed by atoms with van der Waals surface area (Å²) in [5.41, 5.74) is 4.29. The van der Waals surface area contributed by atoms with E-state index in [-0.39, 0.29) is 17.1 Å². The lowest BCUT2D eigenvalue weighted by molar-refractivity contribution is 0.0664. The predicted molar refractivity (Wildman–Crippen MR) is 125 cm³/mol. The van der Waals surface area contributed by atoms with Crippen LogP contribution in [0.5, 0.6) is 0 Å². The number of rotatable bonds is 3. The lowest BCUT2D eigenvalue weighted by Crippen LogP contribution is -2.47. The lowest BCUT2D eigenvalue weighted by Gasteiger charge is -2.32. The summed E-state index contributed by atoms with van der Waals surface area (Å²) >= 11 is 0. The van der Waals surface area contributed by atoms with Gasteiger partial charge in [-0.3, -0.25) is 4.79 Å². The van der Waals surface area contributed by atoms with Crippen LogP contribution >= 0.6 is 0 Å². The molecule has 2 aromatic carbocycles.